The van der Waals surface area contributed by atoms with Crippen molar-refractivity contribution in [2.75, 3.05) is 13.2 Å². The van der Waals surface area contributed by atoms with E-state index in [0.717, 1.165) is 54.8 Å². The Morgan fingerprint density at radius 2 is 1.70 bits per heavy atom. The van der Waals surface area contributed by atoms with E-state index in [4.69, 9.17) is 9.72 Å². The number of amides is 2. The quantitative estimate of drug-likeness (QED) is 0.184. The highest BCUT2D eigenvalue weighted by Crippen LogP contribution is 2.36. The Bertz CT molecular complexity index is 1920. The fourth-order valence-corrected chi connectivity index (χ4v) is 6.99. The number of hydrogen-bond acceptors (Lipinski definition) is 5. The second-order valence-electron chi connectivity index (χ2n) is 12.1. The van der Waals surface area contributed by atoms with Gasteiger partial charge in [0.05, 0.1) is 24.0 Å². The van der Waals surface area contributed by atoms with E-state index in [0.29, 0.717) is 45.4 Å². The third kappa shape index (κ3) is 6.11. The van der Waals surface area contributed by atoms with Crippen LogP contribution in [-0.4, -0.2) is 44.8 Å². The van der Waals surface area contributed by atoms with Crippen LogP contribution in [0.4, 0.5) is 4.79 Å². The van der Waals surface area contributed by atoms with Gasteiger partial charge in [-0.05, 0) is 72.9 Å². The summed E-state index contributed by atoms with van der Waals surface area (Å²) in [4.78, 5) is 32.5. The van der Waals surface area contributed by atoms with Crippen LogP contribution in [0, 0.1) is 31.1 Å². The molecular weight excluding hydrogens is 576 g/mol. The number of pyridine rings is 1. The summed E-state index contributed by atoms with van der Waals surface area (Å²) in [6, 6.07) is 27.9. The van der Waals surface area contributed by atoms with Crippen molar-refractivity contribution in [3.05, 3.63) is 112 Å². The van der Waals surface area contributed by atoms with E-state index in [1.165, 1.54) is 5.56 Å². The number of aryl methyl sites for hydroxylation is 2. The van der Waals surface area contributed by atoms with Crippen molar-refractivity contribution in [2.45, 2.75) is 58.5 Å². The second-order valence-corrected chi connectivity index (χ2v) is 12.1. The Balaban J connectivity index is 1.35. The second kappa shape index (κ2) is 13.6. The molecular formula is C38H38N4O4. The highest BCUT2D eigenvalue weighted by Gasteiger charge is 2.36. The molecule has 1 atom stereocenters. The molecule has 2 amide bonds. The van der Waals surface area contributed by atoms with Crippen LogP contribution in [0.1, 0.15) is 58.7 Å². The zero-order valence-electron chi connectivity index (χ0n) is 26.3. The van der Waals surface area contributed by atoms with Crippen molar-refractivity contribution in [3.8, 4) is 6.07 Å². The highest BCUT2D eigenvalue weighted by atomic mass is 16.5. The van der Waals surface area contributed by atoms with E-state index in [9.17, 15) is 20.0 Å². The van der Waals surface area contributed by atoms with Gasteiger partial charge >= 0.3 is 6.09 Å². The molecule has 0 aliphatic carbocycles. The average Bonchev–Trinajstić information content (AvgIpc) is 3.38. The van der Waals surface area contributed by atoms with Crippen LogP contribution in [-0.2, 0) is 29.0 Å². The lowest BCUT2D eigenvalue weighted by Crippen LogP contribution is -2.41. The molecule has 8 nitrogen and oxygen atoms in total. The number of ether oxygens (including phenoxy) is 1. The van der Waals surface area contributed by atoms with Crippen molar-refractivity contribution >= 4 is 33.9 Å². The summed E-state index contributed by atoms with van der Waals surface area (Å²) in [6.07, 6.45) is 1.27. The lowest BCUT2D eigenvalue weighted by atomic mass is 9.80. The fraction of sp³-hybridized carbons (Fsp3) is 0.316. The summed E-state index contributed by atoms with van der Waals surface area (Å²) in [7, 11) is 0. The van der Waals surface area contributed by atoms with Gasteiger partial charge in [0.2, 0.25) is 5.91 Å². The van der Waals surface area contributed by atoms with Crippen LogP contribution in [0.15, 0.2) is 78.9 Å². The Hall–Kier alpha value is -5.00. The third-order valence-corrected chi connectivity index (χ3v) is 9.33. The SMILES string of the molecule is Cc1nc2c(c(C)c1CCC#N)c1ccccc1n2Cc1ccc(C(C(=O)N(Cc2ccccc2)C(=O)O)C2CCOCC2)cc1. The van der Waals surface area contributed by atoms with Crippen LogP contribution in [0.3, 0.4) is 0 Å². The molecule has 234 valence electrons. The van der Waals surface area contributed by atoms with Crippen molar-refractivity contribution in [2.24, 2.45) is 5.92 Å². The maximum absolute atomic E-state index is 14.1. The molecule has 0 bridgehead atoms. The molecule has 0 saturated carbocycles. The van der Waals surface area contributed by atoms with Gasteiger partial charge in [0.1, 0.15) is 5.65 Å². The van der Waals surface area contributed by atoms with Crippen molar-refractivity contribution in [3.63, 3.8) is 0 Å². The van der Waals surface area contributed by atoms with Crippen molar-refractivity contribution in [1.29, 1.82) is 5.26 Å². The summed E-state index contributed by atoms with van der Waals surface area (Å²) in [6.45, 7) is 5.83. The number of aromatic nitrogens is 2. The Labute approximate surface area is 268 Å². The van der Waals surface area contributed by atoms with Gasteiger partial charge in [-0.1, -0.05) is 72.8 Å². The first-order valence-electron chi connectivity index (χ1n) is 15.9. The number of nitriles is 1. The molecule has 2 aromatic heterocycles. The summed E-state index contributed by atoms with van der Waals surface area (Å²) in [5.74, 6) is -1.02. The first-order valence-corrected chi connectivity index (χ1v) is 15.9. The Morgan fingerprint density at radius 1 is 1.00 bits per heavy atom. The topological polar surface area (TPSA) is 108 Å². The number of nitrogens with zero attached hydrogens (tertiary/aromatic N) is 4. The van der Waals surface area contributed by atoms with Crippen molar-refractivity contribution < 1.29 is 19.4 Å². The predicted molar refractivity (Wildman–Crippen MR) is 177 cm³/mol. The van der Waals surface area contributed by atoms with Gasteiger partial charge in [-0.3, -0.25) is 4.79 Å². The number of rotatable bonds is 9. The molecule has 1 aliphatic rings. The molecule has 6 rings (SSSR count). The molecule has 46 heavy (non-hydrogen) atoms. The number of carboxylic acid groups (broad SMARTS) is 1. The maximum Gasteiger partial charge on any atom is 0.414 e. The van der Waals surface area contributed by atoms with Gasteiger partial charge in [0.15, 0.2) is 0 Å². The molecule has 8 heteroatoms. The normalized spacial score (nSPS) is 14.3. The van der Waals surface area contributed by atoms with E-state index in [2.05, 4.69) is 29.7 Å². The summed E-state index contributed by atoms with van der Waals surface area (Å²) in [5, 5.41) is 21.6. The first kappa shape index (κ1) is 31.0. The van der Waals surface area contributed by atoms with Crippen LogP contribution in [0.5, 0.6) is 0 Å². The molecule has 1 saturated heterocycles. The number of carbonyl (C=O) groups is 2. The monoisotopic (exact) mass is 614 g/mol. The number of carbonyl (C=O) groups excluding carboxylic acids is 1. The van der Waals surface area contributed by atoms with Gasteiger partial charge in [0.25, 0.3) is 0 Å². The van der Waals surface area contributed by atoms with Crippen LogP contribution in [0.2, 0.25) is 0 Å². The zero-order valence-corrected chi connectivity index (χ0v) is 26.3. The average molecular weight is 615 g/mol. The molecule has 1 N–H and O–H groups in total. The van der Waals surface area contributed by atoms with E-state index < -0.39 is 17.9 Å². The smallest absolute Gasteiger partial charge is 0.414 e. The molecule has 5 aromatic rings. The minimum atomic E-state index is -1.25. The van der Waals surface area contributed by atoms with E-state index >= 15 is 0 Å². The standard InChI is InChI=1S/C38H38N4O4/c1-25-31(12-8-20-39)26(2)40-36-34(25)32-11-6-7-13-33(32)41(36)23-28-14-16-29(17-15-28)35(30-18-21-46-22-19-30)37(43)42(38(44)45)24-27-9-4-3-5-10-27/h3-7,9-11,13-17,30,35H,8,12,18-19,21-24H2,1-2H3,(H,44,45). The number of imide groups is 1. The molecule has 3 aromatic carbocycles. The van der Waals surface area contributed by atoms with Crippen LogP contribution < -0.4 is 0 Å². The van der Waals surface area contributed by atoms with Gasteiger partial charge in [-0.2, -0.15) is 5.26 Å². The molecule has 3 heterocycles. The lowest BCUT2D eigenvalue weighted by molar-refractivity contribution is -0.133. The third-order valence-electron chi connectivity index (χ3n) is 9.33. The summed E-state index contributed by atoms with van der Waals surface area (Å²) >= 11 is 0. The van der Waals surface area contributed by atoms with Gasteiger partial charge < -0.3 is 14.4 Å². The van der Waals surface area contributed by atoms with Gasteiger partial charge in [-0.15, -0.1) is 0 Å². The number of hydrogen-bond donors (Lipinski definition) is 1. The largest absolute Gasteiger partial charge is 0.465 e. The highest BCUT2D eigenvalue weighted by molar-refractivity contribution is 6.08. The maximum atomic E-state index is 14.1. The minimum absolute atomic E-state index is 0.00461. The van der Waals surface area contributed by atoms with E-state index in [-0.39, 0.29) is 12.5 Å². The lowest BCUT2D eigenvalue weighted by Gasteiger charge is -2.32. The van der Waals surface area contributed by atoms with Crippen LogP contribution >= 0.6 is 0 Å². The number of benzene rings is 3. The van der Waals surface area contributed by atoms with E-state index in [1.807, 2.05) is 73.7 Å². The number of para-hydroxylation sites is 1. The summed E-state index contributed by atoms with van der Waals surface area (Å²) < 4.78 is 7.83. The van der Waals surface area contributed by atoms with Gasteiger partial charge in [0, 0.05) is 42.6 Å². The van der Waals surface area contributed by atoms with E-state index in [1.54, 1.807) is 0 Å². The number of fused-ring (bicyclic) bond motifs is 3. The Morgan fingerprint density at radius 3 is 2.39 bits per heavy atom. The molecule has 0 spiro atoms. The van der Waals surface area contributed by atoms with Crippen LogP contribution in [0.25, 0.3) is 21.9 Å². The molecule has 1 aliphatic heterocycles. The summed E-state index contributed by atoms with van der Waals surface area (Å²) in [5.41, 5.74) is 7.87. The minimum Gasteiger partial charge on any atom is -0.465 e. The Kier molecular flexibility index (Phi) is 9.13. The molecule has 1 unspecified atom stereocenters. The molecule has 0 radical (unpaired) electrons. The first-order chi connectivity index (χ1) is 22.4. The predicted octanol–water partition coefficient (Wildman–Crippen LogP) is 7.53. The van der Waals surface area contributed by atoms with Gasteiger partial charge in [-0.25, -0.2) is 14.7 Å². The van der Waals surface area contributed by atoms with Crippen molar-refractivity contribution in [1.82, 2.24) is 14.5 Å². The molecule has 1 fully saturated rings. The fourth-order valence-electron chi connectivity index (χ4n) is 6.99. The zero-order chi connectivity index (χ0) is 32.2.